The van der Waals surface area contributed by atoms with Crippen LogP contribution in [0.2, 0.25) is 0 Å². The molecule has 7 amide bonds. The number of carbonyl (C=O) groups excluding carboxylic acids is 7. The maximum absolute atomic E-state index is 13.7. The summed E-state index contributed by atoms with van der Waals surface area (Å²) in [6, 6.07) is -4.80. The summed E-state index contributed by atoms with van der Waals surface area (Å²) in [6.07, 6.45) is 1.27. The van der Waals surface area contributed by atoms with E-state index < -0.39 is 84.6 Å². The minimum atomic E-state index is -1.01. The van der Waals surface area contributed by atoms with Crippen LogP contribution in [0, 0.1) is 17.8 Å². The molecule has 0 bridgehead atoms. The molecule has 2 heterocycles. The normalized spacial score (nSPS) is 27.9. The second kappa shape index (κ2) is 15.5. The number of hydrogen-bond donors (Lipinski definition) is 6. The third-order valence-electron chi connectivity index (χ3n) is 7.29. The van der Waals surface area contributed by atoms with Crippen molar-refractivity contribution in [2.24, 2.45) is 17.8 Å². The van der Waals surface area contributed by atoms with E-state index in [0.29, 0.717) is 25.8 Å². The molecule has 2 saturated heterocycles. The SMILES string of the molecule is CC(C)C[C@@H]1NC(=O)[C@H](C(C)C)NC(=O)[C@H](C(C)C)NC(=O)CNC(=O)[C@H](C)NC(=O)CNC(=O)[C@@H]2CCCN2C1=O. The Morgan fingerprint density at radius 1 is 0.690 bits per heavy atom. The van der Waals surface area contributed by atoms with E-state index in [9.17, 15) is 33.6 Å². The Hall–Kier alpha value is -3.71. The van der Waals surface area contributed by atoms with Crippen LogP contribution in [0.4, 0.5) is 0 Å². The van der Waals surface area contributed by atoms with Crippen LogP contribution in [-0.2, 0) is 33.6 Å². The summed E-state index contributed by atoms with van der Waals surface area (Å²) in [5, 5.41) is 15.5. The lowest BCUT2D eigenvalue weighted by molar-refractivity contribution is -0.142. The van der Waals surface area contributed by atoms with Crippen LogP contribution in [0.5, 0.6) is 0 Å². The Morgan fingerprint density at radius 3 is 1.79 bits per heavy atom. The van der Waals surface area contributed by atoms with Gasteiger partial charge >= 0.3 is 0 Å². The lowest BCUT2D eigenvalue weighted by atomic mass is 9.98. The van der Waals surface area contributed by atoms with Gasteiger partial charge in [0.15, 0.2) is 0 Å². The standard InChI is InChI=1S/C28H47N7O7/c1-14(2)11-18-28(42)35-10-8-9-19(35)25(39)30-12-20(36)31-17(7)24(38)29-13-21(37)33-22(15(3)4)27(41)34-23(16(5)6)26(40)32-18/h14-19,22-23H,8-13H2,1-7H3,(H,29,38)(H,30,39)(H,31,36)(H,32,40)(H,33,37)(H,34,41)/t17-,18-,19-,22-,23-/m0/s1. The Kier molecular flexibility index (Phi) is 12.7. The molecule has 14 heteroatoms. The summed E-state index contributed by atoms with van der Waals surface area (Å²) in [5.74, 6) is -4.67. The fraction of sp³-hybridized carbons (Fsp3) is 0.750. The van der Waals surface area contributed by atoms with Crippen molar-refractivity contribution in [3.05, 3.63) is 0 Å². The zero-order valence-corrected chi connectivity index (χ0v) is 25.7. The lowest BCUT2D eigenvalue weighted by Gasteiger charge is -2.31. The van der Waals surface area contributed by atoms with Crippen LogP contribution in [0.3, 0.4) is 0 Å². The van der Waals surface area contributed by atoms with Crippen LogP contribution >= 0.6 is 0 Å². The average molecular weight is 594 g/mol. The van der Waals surface area contributed by atoms with Crippen molar-refractivity contribution in [3.8, 4) is 0 Å². The van der Waals surface area contributed by atoms with E-state index in [1.54, 1.807) is 27.7 Å². The monoisotopic (exact) mass is 593 g/mol. The van der Waals surface area contributed by atoms with Crippen molar-refractivity contribution in [2.45, 2.75) is 97.9 Å². The van der Waals surface area contributed by atoms with Crippen LogP contribution in [-0.4, -0.2) is 96.1 Å². The molecule has 5 atom stereocenters. The van der Waals surface area contributed by atoms with Crippen molar-refractivity contribution < 1.29 is 33.6 Å². The minimum absolute atomic E-state index is 0.0261. The average Bonchev–Trinajstić information content (AvgIpc) is 3.39. The molecule has 0 radical (unpaired) electrons. The molecule has 0 saturated carbocycles. The molecular formula is C28H47N7O7. The summed E-state index contributed by atoms with van der Waals surface area (Å²) >= 11 is 0. The smallest absolute Gasteiger partial charge is 0.245 e. The molecule has 14 nitrogen and oxygen atoms in total. The fourth-order valence-corrected chi connectivity index (χ4v) is 4.96. The number of carbonyl (C=O) groups is 7. The Balaban J connectivity index is 2.41. The number of nitrogens with one attached hydrogen (secondary N) is 6. The number of amides is 7. The van der Waals surface area contributed by atoms with Gasteiger partial charge in [-0.1, -0.05) is 41.5 Å². The largest absolute Gasteiger partial charge is 0.345 e. The highest BCUT2D eigenvalue weighted by Crippen LogP contribution is 2.21. The van der Waals surface area contributed by atoms with E-state index in [1.165, 1.54) is 11.8 Å². The predicted molar refractivity (Wildman–Crippen MR) is 153 cm³/mol. The van der Waals surface area contributed by atoms with E-state index >= 15 is 0 Å². The first kappa shape index (κ1) is 34.5. The number of rotatable bonds is 4. The lowest BCUT2D eigenvalue weighted by Crippen LogP contribution is -2.60. The predicted octanol–water partition coefficient (Wildman–Crippen LogP) is -1.46. The van der Waals surface area contributed by atoms with Crippen LogP contribution in [0.25, 0.3) is 0 Å². The van der Waals surface area contributed by atoms with Crippen molar-refractivity contribution in [1.29, 1.82) is 0 Å². The van der Waals surface area contributed by atoms with Gasteiger partial charge in [0, 0.05) is 6.54 Å². The number of nitrogens with zero attached hydrogens (tertiary/aromatic N) is 1. The van der Waals surface area contributed by atoms with Gasteiger partial charge in [-0.2, -0.15) is 0 Å². The van der Waals surface area contributed by atoms with E-state index in [2.05, 4.69) is 31.9 Å². The first-order chi connectivity index (χ1) is 19.6. The molecule has 0 aromatic heterocycles. The van der Waals surface area contributed by atoms with Gasteiger partial charge in [-0.3, -0.25) is 33.6 Å². The van der Waals surface area contributed by atoms with Crippen molar-refractivity contribution in [1.82, 2.24) is 36.8 Å². The highest BCUT2D eigenvalue weighted by Gasteiger charge is 2.39. The summed E-state index contributed by atoms with van der Waals surface area (Å²) < 4.78 is 0. The summed E-state index contributed by atoms with van der Waals surface area (Å²) in [4.78, 5) is 92.4. The summed E-state index contributed by atoms with van der Waals surface area (Å²) in [5.41, 5.74) is 0. The molecule has 0 aromatic carbocycles. The molecule has 236 valence electrons. The molecule has 0 aliphatic carbocycles. The molecule has 2 fully saturated rings. The fourth-order valence-electron chi connectivity index (χ4n) is 4.96. The first-order valence-corrected chi connectivity index (χ1v) is 14.7. The van der Waals surface area contributed by atoms with Gasteiger partial charge in [-0.05, 0) is 43.9 Å². The third kappa shape index (κ3) is 9.69. The second-order valence-corrected chi connectivity index (χ2v) is 12.1. The molecule has 6 N–H and O–H groups in total. The van der Waals surface area contributed by atoms with Gasteiger partial charge in [-0.15, -0.1) is 0 Å². The highest BCUT2D eigenvalue weighted by molar-refractivity contribution is 5.97. The van der Waals surface area contributed by atoms with E-state index in [1.807, 2.05) is 13.8 Å². The van der Waals surface area contributed by atoms with Crippen LogP contribution in [0.1, 0.15) is 67.7 Å². The molecule has 2 aliphatic heterocycles. The first-order valence-electron chi connectivity index (χ1n) is 14.7. The quantitative estimate of drug-likeness (QED) is 0.229. The van der Waals surface area contributed by atoms with Gasteiger partial charge in [0.05, 0.1) is 13.1 Å². The van der Waals surface area contributed by atoms with E-state index in [0.717, 1.165) is 0 Å². The summed E-state index contributed by atoms with van der Waals surface area (Å²) in [7, 11) is 0. The maximum Gasteiger partial charge on any atom is 0.245 e. The highest BCUT2D eigenvalue weighted by atomic mass is 16.2. The van der Waals surface area contributed by atoms with Crippen molar-refractivity contribution in [2.75, 3.05) is 19.6 Å². The van der Waals surface area contributed by atoms with Gasteiger partial charge in [0.2, 0.25) is 41.4 Å². The van der Waals surface area contributed by atoms with Crippen molar-refractivity contribution in [3.63, 3.8) is 0 Å². The maximum atomic E-state index is 13.7. The number of hydrogen-bond acceptors (Lipinski definition) is 7. The molecule has 2 rings (SSSR count). The molecule has 2 aliphatic rings. The number of fused-ring (bicyclic) bond motifs is 1. The molecule has 0 aromatic rings. The van der Waals surface area contributed by atoms with E-state index in [4.69, 9.17) is 0 Å². The summed E-state index contributed by atoms with van der Waals surface area (Å²) in [6.45, 7) is 11.6. The van der Waals surface area contributed by atoms with Gasteiger partial charge < -0.3 is 36.8 Å². The minimum Gasteiger partial charge on any atom is -0.345 e. The Morgan fingerprint density at radius 2 is 1.21 bits per heavy atom. The van der Waals surface area contributed by atoms with Gasteiger partial charge in [0.1, 0.15) is 30.2 Å². The molecule has 0 unspecified atom stereocenters. The van der Waals surface area contributed by atoms with Gasteiger partial charge in [-0.25, -0.2) is 0 Å². The van der Waals surface area contributed by atoms with Crippen LogP contribution < -0.4 is 31.9 Å². The van der Waals surface area contributed by atoms with Gasteiger partial charge in [0.25, 0.3) is 0 Å². The van der Waals surface area contributed by atoms with Crippen molar-refractivity contribution >= 4 is 41.4 Å². The zero-order chi connectivity index (χ0) is 31.7. The Labute approximate surface area is 247 Å². The molecule has 0 spiro atoms. The zero-order valence-electron chi connectivity index (χ0n) is 25.7. The molecular weight excluding hydrogens is 546 g/mol. The topological polar surface area (TPSA) is 195 Å². The third-order valence-corrected chi connectivity index (χ3v) is 7.29. The second-order valence-electron chi connectivity index (χ2n) is 12.1. The molecule has 42 heavy (non-hydrogen) atoms. The van der Waals surface area contributed by atoms with E-state index in [-0.39, 0.29) is 17.8 Å². The van der Waals surface area contributed by atoms with Crippen LogP contribution in [0.15, 0.2) is 0 Å². The Bertz CT molecular complexity index is 1050.